The zero-order valence-corrected chi connectivity index (χ0v) is 15.5. The lowest BCUT2D eigenvalue weighted by Gasteiger charge is -2.14. The van der Waals surface area contributed by atoms with Gasteiger partial charge in [0.05, 0.1) is 17.8 Å². The van der Waals surface area contributed by atoms with E-state index in [0.29, 0.717) is 34.7 Å². The molecule has 0 saturated carbocycles. The normalized spacial score (nSPS) is 10.8. The van der Waals surface area contributed by atoms with Crippen molar-refractivity contribution in [2.24, 2.45) is 5.16 Å². The van der Waals surface area contributed by atoms with Crippen LogP contribution in [0.4, 0.5) is 0 Å². The Hall–Kier alpha value is -2.21. The molecule has 0 atom stereocenters. The molecule has 2 aromatic rings. The average Bonchev–Trinajstić information content (AvgIpc) is 2.52. The van der Waals surface area contributed by atoms with Gasteiger partial charge in [0, 0.05) is 5.56 Å². The van der Waals surface area contributed by atoms with Crippen LogP contribution in [0.15, 0.2) is 40.0 Å². The highest BCUT2D eigenvalue weighted by Gasteiger charge is 2.11. The lowest BCUT2D eigenvalue weighted by atomic mass is 10.1. The molecule has 1 N–H and O–H groups in total. The van der Waals surface area contributed by atoms with Crippen molar-refractivity contribution in [3.63, 3.8) is 0 Å². The number of aryl methyl sites for hydroxylation is 2. The topological polar surface area (TPSA) is 60.3 Å². The predicted octanol–water partition coefficient (Wildman–Crippen LogP) is 4.34. The molecule has 0 fully saturated rings. The molecule has 5 nitrogen and oxygen atoms in total. The van der Waals surface area contributed by atoms with Gasteiger partial charge < -0.3 is 19.4 Å². The third kappa shape index (κ3) is 4.89. The van der Waals surface area contributed by atoms with Crippen molar-refractivity contribution in [2.75, 3.05) is 20.3 Å². The first kappa shape index (κ1) is 18.1. The molecule has 0 aromatic heterocycles. The van der Waals surface area contributed by atoms with E-state index in [1.54, 1.807) is 19.2 Å². The maximum Gasteiger partial charge on any atom is 0.175 e. The van der Waals surface area contributed by atoms with E-state index < -0.39 is 0 Å². The van der Waals surface area contributed by atoms with E-state index in [2.05, 4.69) is 27.2 Å². The van der Waals surface area contributed by atoms with E-state index in [1.165, 1.54) is 6.21 Å². The van der Waals surface area contributed by atoms with Gasteiger partial charge >= 0.3 is 0 Å². The standard InChI is InChI=1S/C18H20BrNO4/c1-12-6-13(2)8-15(7-12)23-4-5-24-18-16(19)9-14(11-20-21)10-17(18)22-3/h6-11,21H,4-5H2,1-3H3. The monoisotopic (exact) mass is 393 g/mol. The number of benzene rings is 2. The minimum Gasteiger partial charge on any atom is -0.493 e. The van der Waals surface area contributed by atoms with Crippen LogP contribution < -0.4 is 14.2 Å². The first-order valence-corrected chi connectivity index (χ1v) is 8.21. The first-order chi connectivity index (χ1) is 11.5. The quantitative estimate of drug-likeness (QED) is 0.329. The van der Waals surface area contributed by atoms with E-state index in [0.717, 1.165) is 16.9 Å². The number of halogens is 1. The van der Waals surface area contributed by atoms with Crippen LogP contribution >= 0.6 is 15.9 Å². The summed E-state index contributed by atoms with van der Waals surface area (Å²) in [5.74, 6) is 1.96. The lowest BCUT2D eigenvalue weighted by molar-refractivity contribution is 0.210. The van der Waals surface area contributed by atoms with Crippen LogP contribution in [0.5, 0.6) is 17.2 Å². The minimum atomic E-state index is 0.370. The van der Waals surface area contributed by atoms with Gasteiger partial charge in [-0.3, -0.25) is 0 Å². The molecule has 0 bridgehead atoms. The molecule has 0 saturated heterocycles. The van der Waals surface area contributed by atoms with Crippen molar-refractivity contribution < 1.29 is 19.4 Å². The lowest BCUT2D eigenvalue weighted by Crippen LogP contribution is -2.10. The van der Waals surface area contributed by atoms with Crippen molar-refractivity contribution in [3.8, 4) is 17.2 Å². The molecule has 24 heavy (non-hydrogen) atoms. The molecule has 2 aromatic carbocycles. The van der Waals surface area contributed by atoms with Crippen LogP contribution in [0.25, 0.3) is 0 Å². The molecule has 6 heteroatoms. The fourth-order valence-corrected chi connectivity index (χ4v) is 2.91. The van der Waals surface area contributed by atoms with Crippen molar-refractivity contribution in [1.82, 2.24) is 0 Å². The third-order valence-corrected chi connectivity index (χ3v) is 3.84. The van der Waals surface area contributed by atoms with E-state index in [1.807, 2.05) is 26.0 Å². The van der Waals surface area contributed by atoms with Crippen LogP contribution in [-0.2, 0) is 0 Å². The van der Waals surface area contributed by atoms with Gasteiger partial charge in [0.2, 0.25) is 0 Å². The summed E-state index contributed by atoms with van der Waals surface area (Å²) in [6, 6.07) is 9.59. The van der Waals surface area contributed by atoms with Crippen LogP contribution in [0.2, 0.25) is 0 Å². The van der Waals surface area contributed by atoms with Gasteiger partial charge in [-0.1, -0.05) is 11.2 Å². The number of hydrogen-bond acceptors (Lipinski definition) is 5. The molecule has 0 aliphatic carbocycles. The molecule has 128 valence electrons. The molecular formula is C18H20BrNO4. The number of nitrogens with zero attached hydrogens (tertiary/aromatic N) is 1. The molecule has 0 spiro atoms. The fourth-order valence-electron chi connectivity index (χ4n) is 2.34. The summed E-state index contributed by atoms with van der Waals surface area (Å²) in [5.41, 5.74) is 3.02. The van der Waals surface area contributed by atoms with Gasteiger partial charge in [-0.15, -0.1) is 0 Å². The summed E-state index contributed by atoms with van der Waals surface area (Å²) in [5, 5.41) is 11.6. The Morgan fingerprint density at radius 1 is 1.04 bits per heavy atom. The summed E-state index contributed by atoms with van der Waals surface area (Å²) in [6.07, 6.45) is 1.32. The van der Waals surface area contributed by atoms with E-state index in [-0.39, 0.29) is 0 Å². The van der Waals surface area contributed by atoms with Crippen molar-refractivity contribution in [1.29, 1.82) is 0 Å². The highest BCUT2D eigenvalue weighted by molar-refractivity contribution is 9.10. The Bertz CT molecular complexity index is 711. The minimum absolute atomic E-state index is 0.370. The largest absolute Gasteiger partial charge is 0.493 e. The smallest absolute Gasteiger partial charge is 0.175 e. The fraction of sp³-hybridized carbons (Fsp3) is 0.278. The molecule has 0 amide bonds. The van der Waals surface area contributed by atoms with Crippen molar-refractivity contribution in [2.45, 2.75) is 13.8 Å². The summed E-state index contributed by atoms with van der Waals surface area (Å²) < 4.78 is 17.5. The van der Waals surface area contributed by atoms with Gasteiger partial charge in [0.25, 0.3) is 0 Å². The Labute approximate surface area is 150 Å². The molecule has 0 aliphatic rings. The second-order valence-corrected chi connectivity index (χ2v) is 6.15. The maximum atomic E-state index is 8.63. The van der Waals surface area contributed by atoms with Crippen LogP contribution in [0, 0.1) is 13.8 Å². The number of hydrogen-bond donors (Lipinski definition) is 1. The Balaban J connectivity index is 1.99. The Morgan fingerprint density at radius 2 is 1.71 bits per heavy atom. The molecule has 0 aliphatic heterocycles. The Morgan fingerprint density at radius 3 is 2.33 bits per heavy atom. The molecule has 0 radical (unpaired) electrons. The van der Waals surface area contributed by atoms with Gasteiger partial charge in [0.1, 0.15) is 19.0 Å². The summed E-state index contributed by atoms with van der Waals surface area (Å²) in [7, 11) is 1.56. The zero-order valence-electron chi connectivity index (χ0n) is 13.9. The summed E-state index contributed by atoms with van der Waals surface area (Å²) >= 11 is 3.44. The number of oxime groups is 1. The summed E-state index contributed by atoms with van der Waals surface area (Å²) in [4.78, 5) is 0. The van der Waals surface area contributed by atoms with E-state index >= 15 is 0 Å². The van der Waals surface area contributed by atoms with Gasteiger partial charge in [-0.25, -0.2) is 0 Å². The van der Waals surface area contributed by atoms with Crippen molar-refractivity contribution >= 4 is 22.1 Å². The van der Waals surface area contributed by atoms with Crippen molar-refractivity contribution in [3.05, 3.63) is 51.5 Å². The first-order valence-electron chi connectivity index (χ1n) is 7.42. The predicted molar refractivity (Wildman–Crippen MR) is 97.0 cm³/mol. The van der Waals surface area contributed by atoms with Gasteiger partial charge in [-0.05, 0) is 65.2 Å². The van der Waals surface area contributed by atoms with Gasteiger partial charge in [-0.2, -0.15) is 0 Å². The maximum absolute atomic E-state index is 8.63. The third-order valence-electron chi connectivity index (χ3n) is 3.25. The number of ether oxygens (including phenoxy) is 3. The highest BCUT2D eigenvalue weighted by atomic mass is 79.9. The van der Waals surface area contributed by atoms with Crippen LogP contribution in [0.1, 0.15) is 16.7 Å². The number of rotatable bonds is 7. The van der Waals surface area contributed by atoms with E-state index in [9.17, 15) is 0 Å². The average molecular weight is 394 g/mol. The van der Waals surface area contributed by atoms with Crippen LogP contribution in [-0.4, -0.2) is 31.7 Å². The van der Waals surface area contributed by atoms with Crippen LogP contribution in [0.3, 0.4) is 0 Å². The molecule has 0 unspecified atom stereocenters. The van der Waals surface area contributed by atoms with E-state index in [4.69, 9.17) is 19.4 Å². The SMILES string of the molecule is COc1cc(C=NO)cc(Br)c1OCCOc1cc(C)cc(C)c1. The number of methoxy groups -OCH3 is 1. The molecular weight excluding hydrogens is 374 g/mol. The molecule has 0 heterocycles. The van der Waals surface area contributed by atoms with Gasteiger partial charge in [0.15, 0.2) is 11.5 Å². The second kappa shape index (κ2) is 8.59. The highest BCUT2D eigenvalue weighted by Crippen LogP contribution is 2.36. The second-order valence-electron chi connectivity index (χ2n) is 5.30. The zero-order chi connectivity index (χ0) is 17.5. The Kier molecular flexibility index (Phi) is 6.49. The molecule has 2 rings (SSSR count). The summed E-state index contributed by atoms with van der Waals surface area (Å²) in [6.45, 7) is 4.86.